The number of pyridine rings is 1. The Morgan fingerprint density at radius 2 is 1.98 bits per heavy atom. The number of fused-ring (bicyclic) bond motifs is 2. The summed E-state index contributed by atoms with van der Waals surface area (Å²) in [4.78, 5) is 18.1. The fourth-order valence-electron chi connectivity index (χ4n) is 6.40. The minimum atomic E-state index is -0.691. The van der Waals surface area contributed by atoms with Crippen LogP contribution in [0.15, 0.2) is 30.5 Å². The Morgan fingerprint density at radius 1 is 1.16 bits per heavy atom. The lowest BCUT2D eigenvalue weighted by molar-refractivity contribution is 0.183. The summed E-state index contributed by atoms with van der Waals surface area (Å²) in [7, 11) is 4.06. The summed E-state index contributed by atoms with van der Waals surface area (Å²) >= 11 is 0. The molecule has 2 aromatic carbocycles. The van der Waals surface area contributed by atoms with Gasteiger partial charge in [-0.1, -0.05) is 13.0 Å². The van der Waals surface area contributed by atoms with Gasteiger partial charge in [-0.2, -0.15) is 15.2 Å². The highest BCUT2D eigenvalue weighted by Crippen LogP contribution is 2.46. The number of rotatable bonds is 8. The van der Waals surface area contributed by atoms with E-state index in [0.29, 0.717) is 65.6 Å². The van der Waals surface area contributed by atoms with E-state index in [9.17, 15) is 14.8 Å². The highest BCUT2D eigenvalue weighted by atomic mass is 19.1. The molecule has 1 atom stereocenters. The summed E-state index contributed by atoms with van der Waals surface area (Å²) in [6.07, 6.45) is 6.29. The third-order valence-electron chi connectivity index (χ3n) is 8.73. The van der Waals surface area contributed by atoms with E-state index in [4.69, 9.17) is 9.72 Å². The Bertz CT molecular complexity index is 1730. The van der Waals surface area contributed by atoms with E-state index in [1.807, 2.05) is 21.0 Å². The van der Waals surface area contributed by atoms with Crippen molar-refractivity contribution in [3.05, 3.63) is 47.7 Å². The number of anilines is 1. The molecule has 2 aliphatic rings. The number of phenolic OH excluding ortho intramolecular Hbond substituents is 1. The highest BCUT2D eigenvalue weighted by molar-refractivity contribution is 6.01. The second-order valence-corrected chi connectivity index (χ2v) is 12.3. The van der Waals surface area contributed by atoms with Gasteiger partial charge in [-0.05, 0) is 87.2 Å². The molecule has 2 fully saturated rings. The van der Waals surface area contributed by atoms with Gasteiger partial charge in [-0.3, -0.25) is 4.98 Å². The number of nitriles is 1. The van der Waals surface area contributed by atoms with Crippen LogP contribution in [0.25, 0.3) is 32.9 Å². The van der Waals surface area contributed by atoms with Crippen LogP contribution in [0.1, 0.15) is 44.6 Å². The summed E-state index contributed by atoms with van der Waals surface area (Å²) in [6.45, 7) is 4.38. The first-order valence-electron chi connectivity index (χ1n) is 14.9. The monoisotopic (exact) mass is 586 g/mol. The highest BCUT2D eigenvalue weighted by Gasteiger charge is 2.44. The molecule has 3 heterocycles. The van der Waals surface area contributed by atoms with Crippen molar-refractivity contribution in [2.75, 3.05) is 45.2 Å². The molecular formula is C33H36F2N6O2. The normalized spacial score (nSPS) is 18.2. The lowest BCUT2D eigenvalue weighted by Crippen LogP contribution is -2.28. The molecule has 224 valence electrons. The number of hydrogen-bond donors (Lipinski definition) is 1. The van der Waals surface area contributed by atoms with E-state index >= 15 is 4.39 Å². The van der Waals surface area contributed by atoms with E-state index < -0.39 is 11.6 Å². The zero-order valence-electron chi connectivity index (χ0n) is 24.8. The number of benzene rings is 2. The molecule has 1 aliphatic heterocycles. The van der Waals surface area contributed by atoms with Gasteiger partial charge in [0.25, 0.3) is 0 Å². The van der Waals surface area contributed by atoms with Crippen molar-refractivity contribution in [1.82, 2.24) is 19.9 Å². The minimum absolute atomic E-state index is 0.0215. The average molecular weight is 587 g/mol. The van der Waals surface area contributed by atoms with Crippen molar-refractivity contribution in [3.63, 3.8) is 0 Å². The van der Waals surface area contributed by atoms with E-state index in [1.54, 1.807) is 12.3 Å². The third kappa shape index (κ3) is 5.66. The minimum Gasteiger partial charge on any atom is -0.508 e. The molecule has 1 N–H and O–H groups in total. The topological polar surface area (TPSA) is 98.4 Å². The molecule has 0 spiro atoms. The number of aromatic hydroxyl groups is 1. The largest absolute Gasteiger partial charge is 0.508 e. The molecule has 0 radical (unpaired) electrons. The van der Waals surface area contributed by atoms with Crippen molar-refractivity contribution >= 4 is 27.5 Å². The second kappa shape index (κ2) is 11.5. The lowest BCUT2D eigenvalue weighted by atomic mass is 9.94. The first kappa shape index (κ1) is 29.0. The van der Waals surface area contributed by atoms with Gasteiger partial charge >= 0.3 is 6.01 Å². The molecule has 1 saturated carbocycles. The fraction of sp³-hybridized carbons (Fsp3) is 0.455. The van der Waals surface area contributed by atoms with E-state index in [1.165, 1.54) is 18.2 Å². The van der Waals surface area contributed by atoms with Gasteiger partial charge in [-0.25, -0.2) is 8.78 Å². The molecule has 10 heteroatoms. The van der Waals surface area contributed by atoms with E-state index in [2.05, 4.69) is 25.8 Å². The van der Waals surface area contributed by atoms with Gasteiger partial charge in [0, 0.05) is 42.7 Å². The summed E-state index contributed by atoms with van der Waals surface area (Å²) < 4.78 is 37.8. The van der Waals surface area contributed by atoms with Crippen molar-refractivity contribution in [2.45, 2.75) is 45.4 Å². The van der Waals surface area contributed by atoms with Crippen LogP contribution in [0.4, 0.5) is 14.6 Å². The average Bonchev–Trinajstić information content (AvgIpc) is 3.79. The number of halogens is 2. The van der Waals surface area contributed by atoms with Crippen molar-refractivity contribution < 1.29 is 18.6 Å². The van der Waals surface area contributed by atoms with E-state index in [0.717, 1.165) is 32.2 Å². The molecule has 0 amide bonds. The number of hydrogen-bond acceptors (Lipinski definition) is 8. The number of aryl methyl sites for hydroxylation is 1. The predicted molar refractivity (Wildman–Crippen MR) is 162 cm³/mol. The zero-order chi connectivity index (χ0) is 30.3. The Labute approximate surface area is 249 Å². The third-order valence-corrected chi connectivity index (χ3v) is 8.73. The van der Waals surface area contributed by atoms with Gasteiger partial charge in [0.05, 0.1) is 18.1 Å². The van der Waals surface area contributed by atoms with Crippen LogP contribution in [-0.2, 0) is 6.42 Å². The van der Waals surface area contributed by atoms with Crippen molar-refractivity contribution in [3.8, 4) is 29.1 Å². The van der Waals surface area contributed by atoms with Crippen LogP contribution in [0.3, 0.4) is 0 Å². The molecule has 1 unspecified atom stereocenters. The fourth-order valence-corrected chi connectivity index (χ4v) is 6.40. The molecule has 1 saturated heterocycles. The van der Waals surface area contributed by atoms with Crippen molar-refractivity contribution in [2.24, 2.45) is 11.3 Å². The maximum absolute atomic E-state index is 16.7. The van der Waals surface area contributed by atoms with Crippen molar-refractivity contribution in [1.29, 1.82) is 5.26 Å². The SMILES string of the molecule is CCc1c(F)ccc2cc(O)cc(-c3ncc4c(N5CCCC(C#N)CC5)nc(OCC5(CN(C)C)CC5)nc4c3F)c12. The Kier molecular flexibility index (Phi) is 7.77. The van der Waals surface area contributed by atoms with Crippen LogP contribution >= 0.6 is 0 Å². The first-order valence-corrected chi connectivity index (χ1v) is 14.9. The first-order chi connectivity index (χ1) is 20.7. The number of ether oxygens (including phenoxy) is 1. The smallest absolute Gasteiger partial charge is 0.319 e. The molecular weight excluding hydrogens is 550 g/mol. The maximum Gasteiger partial charge on any atom is 0.319 e. The van der Waals surface area contributed by atoms with Crippen LogP contribution < -0.4 is 9.64 Å². The summed E-state index contributed by atoms with van der Waals surface area (Å²) in [5, 5.41) is 21.6. The quantitative estimate of drug-likeness (QED) is 0.259. The van der Waals surface area contributed by atoms with Crippen LogP contribution in [0, 0.1) is 34.3 Å². The standard InChI is InChI=1S/C33H36F2N6O2/c1-4-23-26(34)8-7-21-14-22(42)15-24(27(21)23)29-28(35)30-25(17-37-29)31(41-12-5-6-20(16-36)9-13-41)39-32(38-30)43-19-33(10-11-33)18-40(2)3/h7-8,14-15,17,20,42H,4-6,9-13,18-19H2,1-3H3. The molecule has 8 nitrogen and oxygen atoms in total. The van der Waals surface area contributed by atoms with Gasteiger partial charge in [-0.15, -0.1) is 0 Å². The summed E-state index contributed by atoms with van der Waals surface area (Å²) in [5.74, 6) is -0.675. The van der Waals surface area contributed by atoms with Crippen LogP contribution in [-0.4, -0.2) is 65.3 Å². The molecule has 2 aromatic heterocycles. The van der Waals surface area contributed by atoms with Gasteiger partial charge in [0.15, 0.2) is 5.82 Å². The number of phenols is 1. The maximum atomic E-state index is 16.7. The van der Waals surface area contributed by atoms with Gasteiger partial charge in [0.2, 0.25) is 0 Å². The van der Waals surface area contributed by atoms with Crippen LogP contribution in [0.2, 0.25) is 0 Å². The number of aromatic nitrogens is 3. The Balaban J connectivity index is 1.50. The Morgan fingerprint density at radius 3 is 2.70 bits per heavy atom. The predicted octanol–water partition coefficient (Wildman–Crippen LogP) is 6.24. The molecule has 1 aliphatic carbocycles. The van der Waals surface area contributed by atoms with Gasteiger partial charge in [0.1, 0.15) is 28.6 Å². The molecule has 6 rings (SSSR count). The van der Waals surface area contributed by atoms with E-state index in [-0.39, 0.29) is 34.3 Å². The van der Waals surface area contributed by atoms with Gasteiger partial charge < -0.3 is 19.6 Å². The molecule has 0 bridgehead atoms. The molecule has 43 heavy (non-hydrogen) atoms. The number of nitrogens with zero attached hydrogens (tertiary/aromatic N) is 6. The zero-order valence-corrected chi connectivity index (χ0v) is 24.8. The Hall–Kier alpha value is -4.10. The van der Waals surface area contributed by atoms with Crippen LogP contribution in [0.5, 0.6) is 11.8 Å². The summed E-state index contributed by atoms with van der Waals surface area (Å²) in [5.41, 5.74) is 0.759. The lowest BCUT2D eigenvalue weighted by Gasteiger charge is -2.24. The second-order valence-electron chi connectivity index (χ2n) is 12.3. The molecule has 4 aromatic rings. The summed E-state index contributed by atoms with van der Waals surface area (Å²) in [6, 6.07) is 8.37.